The number of rotatable bonds is 5. The summed E-state index contributed by atoms with van der Waals surface area (Å²) in [7, 11) is 0. The molecule has 0 bridgehead atoms. The monoisotopic (exact) mass is 300 g/mol. The van der Waals surface area contributed by atoms with Gasteiger partial charge in [0.25, 0.3) is 5.91 Å². The third kappa shape index (κ3) is 3.61. The van der Waals surface area contributed by atoms with Gasteiger partial charge in [0.2, 0.25) is 0 Å². The molecule has 1 amide bonds. The number of carbonyl (C=O) groups is 2. The van der Waals surface area contributed by atoms with E-state index in [0.717, 1.165) is 11.1 Å². The summed E-state index contributed by atoms with van der Waals surface area (Å²) in [6.07, 6.45) is 0.387. The molecule has 2 aromatic rings. The molecule has 0 spiro atoms. The quantitative estimate of drug-likeness (QED) is 0.890. The molecule has 0 saturated heterocycles. The third-order valence-electron chi connectivity index (χ3n) is 3.41. The summed E-state index contributed by atoms with van der Waals surface area (Å²) in [5, 5.41) is 12.7. The Morgan fingerprint density at radius 3 is 2.59 bits per heavy atom. The van der Waals surface area contributed by atoms with Gasteiger partial charge in [0.1, 0.15) is 6.04 Å². The second kappa shape index (κ2) is 6.56. The van der Waals surface area contributed by atoms with E-state index >= 15 is 0 Å². The molecule has 5 nitrogen and oxygen atoms in total. The number of para-hydroxylation sites is 1. The van der Waals surface area contributed by atoms with E-state index in [9.17, 15) is 14.7 Å². The zero-order valence-corrected chi connectivity index (χ0v) is 13.0. The smallest absolute Gasteiger partial charge is 0.326 e. The Morgan fingerprint density at radius 1 is 1.23 bits per heavy atom. The summed E-state index contributed by atoms with van der Waals surface area (Å²) in [4.78, 5) is 28.1. The van der Waals surface area contributed by atoms with Crippen molar-refractivity contribution in [3.63, 3.8) is 0 Å². The topological polar surface area (TPSA) is 79.3 Å². The van der Waals surface area contributed by atoms with Crippen LogP contribution in [0.3, 0.4) is 0 Å². The van der Waals surface area contributed by atoms with Crippen LogP contribution in [0.25, 0.3) is 10.9 Å². The molecule has 1 aromatic carbocycles. The van der Waals surface area contributed by atoms with E-state index in [0.29, 0.717) is 17.5 Å². The number of aromatic nitrogens is 1. The summed E-state index contributed by atoms with van der Waals surface area (Å²) in [5.41, 5.74) is 1.80. The number of aliphatic carboxylic acids is 1. The molecule has 1 heterocycles. The minimum absolute atomic E-state index is 0.175. The third-order valence-corrected chi connectivity index (χ3v) is 3.41. The average molecular weight is 300 g/mol. The number of nitrogens with one attached hydrogen (secondary N) is 1. The number of benzene rings is 1. The van der Waals surface area contributed by atoms with Crippen molar-refractivity contribution in [3.05, 3.63) is 41.6 Å². The van der Waals surface area contributed by atoms with Gasteiger partial charge in [-0.1, -0.05) is 32.0 Å². The molecule has 0 aliphatic carbocycles. The van der Waals surface area contributed by atoms with E-state index in [-0.39, 0.29) is 5.92 Å². The summed E-state index contributed by atoms with van der Waals surface area (Å²) in [5.74, 6) is -1.25. The van der Waals surface area contributed by atoms with E-state index in [1.807, 2.05) is 39.0 Å². The highest BCUT2D eigenvalue weighted by Gasteiger charge is 2.22. The lowest BCUT2D eigenvalue weighted by molar-refractivity contribution is -0.139. The van der Waals surface area contributed by atoms with Gasteiger partial charge < -0.3 is 10.4 Å². The normalized spacial score (nSPS) is 12.4. The maximum Gasteiger partial charge on any atom is 0.326 e. The van der Waals surface area contributed by atoms with Crippen molar-refractivity contribution in [1.29, 1.82) is 0 Å². The van der Waals surface area contributed by atoms with Gasteiger partial charge in [-0.3, -0.25) is 9.78 Å². The molecule has 5 heteroatoms. The number of hydrogen-bond donors (Lipinski definition) is 2. The predicted octanol–water partition coefficient (Wildman–Crippen LogP) is 2.77. The maximum absolute atomic E-state index is 12.5. The molecule has 0 fully saturated rings. The van der Waals surface area contributed by atoms with E-state index < -0.39 is 17.9 Å². The van der Waals surface area contributed by atoms with Crippen LogP contribution in [-0.4, -0.2) is 28.0 Å². The van der Waals surface area contributed by atoms with Gasteiger partial charge in [-0.05, 0) is 31.4 Å². The second-order valence-corrected chi connectivity index (χ2v) is 5.82. The van der Waals surface area contributed by atoms with Crippen molar-refractivity contribution in [3.8, 4) is 0 Å². The maximum atomic E-state index is 12.5. The Balaban J connectivity index is 2.33. The first-order chi connectivity index (χ1) is 10.4. The summed E-state index contributed by atoms with van der Waals surface area (Å²) in [6, 6.07) is 8.19. The van der Waals surface area contributed by atoms with E-state index in [1.54, 1.807) is 12.1 Å². The van der Waals surface area contributed by atoms with Crippen LogP contribution < -0.4 is 5.32 Å². The van der Waals surface area contributed by atoms with Crippen LogP contribution in [0.2, 0.25) is 0 Å². The van der Waals surface area contributed by atoms with Crippen molar-refractivity contribution in [2.24, 2.45) is 5.92 Å². The van der Waals surface area contributed by atoms with Crippen molar-refractivity contribution in [2.75, 3.05) is 0 Å². The Labute approximate surface area is 129 Å². The fraction of sp³-hybridized carbons (Fsp3) is 0.353. The first-order valence-corrected chi connectivity index (χ1v) is 7.28. The van der Waals surface area contributed by atoms with Crippen molar-refractivity contribution in [2.45, 2.75) is 33.2 Å². The molecule has 0 saturated carbocycles. The fourth-order valence-electron chi connectivity index (χ4n) is 2.36. The summed E-state index contributed by atoms with van der Waals surface area (Å²) >= 11 is 0. The number of carbonyl (C=O) groups excluding carboxylic acids is 1. The Bertz CT molecular complexity index is 710. The Morgan fingerprint density at radius 2 is 1.95 bits per heavy atom. The second-order valence-electron chi connectivity index (χ2n) is 5.82. The number of nitrogens with zero attached hydrogens (tertiary/aromatic N) is 1. The van der Waals surface area contributed by atoms with E-state index in [2.05, 4.69) is 10.3 Å². The zero-order valence-electron chi connectivity index (χ0n) is 13.0. The van der Waals surface area contributed by atoms with Gasteiger partial charge in [0.05, 0.1) is 11.1 Å². The minimum atomic E-state index is -1.02. The highest BCUT2D eigenvalue weighted by Crippen LogP contribution is 2.18. The molecule has 22 heavy (non-hydrogen) atoms. The number of pyridine rings is 1. The molecular formula is C17H20N2O3. The van der Waals surface area contributed by atoms with Crippen molar-refractivity contribution >= 4 is 22.8 Å². The largest absolute Gasteiger partial charge is 0.480 e. The number of fused-ring (bicyclic) bond motifs is 1. The number of carboxylic acid groups (broad SMARTS) is 1. The van der Waals surface area contributed by atoms with Crippen molar-refractivity contribution < 1.29 is 14.7 Å². The Hall–Kier alpha value is -2.43. The first kappa shape index (κ1) is 15.9. The summed E-state index contributed by atoms with van der Waals surface area (Å²) < 4.78 is 0. The van der Waals surface area contributed by atoms with Crippen LogP contribution in [0.1, 0.15) is 36.3 Å². The van der Waals surface area contributed by atoms with Crippen LogP contribution >= 0.6 is 0 Å². The van der Waals surface area contributed by atoms with E-state index in [4.69, 9.17) is 0 Å². The van der Waals surface area contributed by atoms with Crippen LogP contribution in [0.4, 0.5) is 0 Å². The van der Waals surface area contributed by atoms with Crippen LogP contribution in [-0.2, 0) is 4.79 Å². The van der Waals surface area contributed by atoms with Gasteiger partial charge >= 0.3 is 5.97 Å². The lowest BCUT2D eigenvalue weighted by Crippen LogP contribution is -2.41. The number of hydrogen-bond acceptors (Lipinski definition) is 3. The lowest BCUT2D eigenvalue weighted by atomic mass is 10.0. The van der Waals surface area contributed by atoms with E-state index in [1.165, 1.54) is 0 Å². The fourth-order valence-corrected chi connectivity index (χ4v) is 2.36. The van der Waals surface area contributed by atoms with Crippen LogP contribution in [0, 0.1) is 12.8 Å². The molecule has 0 aliphatic rings. The summed E-state index contributed by atoms with van der Waals surface area (Å²) in [6.45, 7) is 5.70. The van der Waals surface area contributed by atoms with Crippen molar-refractivity contribution in [1.82, 2.24) is 10.3 Å². The average Bonchev–Trinajstić information content (AvgIpc) is 2.45. The highest BCUT2D eigenvalue weighted by atomic mass is 16.4. The number of amides is 1. The van der Waals surface area contributed by atoms with Crippen LogP contribution in [0.15, 0.2) is 30.3 Å². The standard InChI is InChI=1S/C17H20N2O3/c1-10(2)9-14(17(21)22)19-16(20)13-6-4-5-12-8-7-11(3)18-15(12)13/h4-8,10,14H,9H2,1-3H3,(H,19,20)(H,21,22)/t14-/m1/s1. The minimum Gasteiger partial charge on any atom is -0.480 e. The van der Waals surface area contributed by atoms with Gasteiger partial charge in [-0.15, -0.1) is 0 Å². The predicted molar refractivity (Wildman–Crippen MR) is 84.8 cm³/mol. The molecule has 116 valence electrons. The molecule has 0 unspecified atom stereocenters. The number of aryl methyl sites for hydroxylation is 1. The van der Waals surface area contributed by atoms with Gasteiger partial charge in [-0.2, -0.15) is 0 Å². The van der Waals surface area contributed by atoms with Gasteiger partial charge in [0, 0.05) is 11.1 Å². The zero-order chi connectivity index (χ0) is 16.3. The molecule has 1 atom stereocenters. The van der Waals surface area contributed by atoms with Gasteiger partial charge in [-0.25, -0.2) is 4.79 Å². The highest BCUT2D eigenvalue weighted by molar-refractivity contribution is 6.06. The first-order valence-electron chi connectivity index (χ1n) is 7.28. The molecule has 2 N–H and O–H groups in total. The van der Waals surface area contributed by atoms with Crippen LogP contribution in [0.5, 0.6) is 0 Å². The molecule has 0 radical (unpaired) electrons. The SMILES string of the molecule is Cc1ccc2cccc(C(=O)N[C@H](CC(C)C)C(=O)O)c2n1. The molecular weight excluding hydrogens is 280 g/mol. The molecule has 1 aromatic heterocycles. The number of carboxylic acids is 1. The molecule has 0 aliphatic heterocycles. The lowest BCUT2D eigenvalue weighted by Gasteiger charge is -2.17. The Kier molecular flexibility index (Phi) is 4.75. The molecule has 2 rings (SSSR count). The van der Waals surface area contributed by atoms with Gasteiger partial charge in [0.15, 0.2) is 0 Å².